The molecule has 126 valence electrons. The van der Waals surface area contributed by atoms with Crippen LogP contribution in [0.15, 0.2) is 53.5 Å². The second-order valence-corrected chi connectivity index (χ2v) is 5.72. The van der Waals surface area contributed by atoms with Crippen LogP contribution >= 0.6 is 0 Å². The molecule has 1 aliphatic rings. The van der Waals surface area contributed by atoms with Crippen LogP contribution in [-0.4, -0.2) is 25.2 Å². The number of rotatable bonds is 5. The Hall–Kier alpha value is -2.56. The molecule has 5 heteroatoms. The van der Waals surface area contributed by atoms with E-state index in [0.29, 0.717) is 24.6 Å². The maximum atomic E-state index is 13.7. The quantitative estimate of drug-likeness (QED) is 0.656. The fraction of sp³-hybridized carbons (Fsp3) is 0.316. The SMILES string of the molecule is CCNC(=NCc1ccccc1F)NCC1Cc2ccccc2O1. The summed E-state index contributed by atoms with van der Waals surface area (Å²) in [6, 6.07) is 14.8. The summed E-state index contributed by atoms with van der Waals surface area (Å²) in [5.74, 6) is 1.39. The third-order valence-corrected chi connectivity index (χ3v) is 3.92. The van der Waals surface area contributed by atoms with Crippen molar-refractivity contribution in [3.8, 4) is 5.75 Å². The van der Waals surface area contributed by atoms with E-state index in [9.17, 15) is 4.39 Å². The highest BCUT2D eigenvalue weighted by molar-refractivity contribution is 5.79. The van der Waals surface area contributed by atoms with Gasteiger partial charge in [-0.2, -0.15) is 0 Å². The molecule has 2 aromatic carbocycles. The Bertz CT molecular complexity index is 692. The van der Waals surface area contributed by atoms with Crippen LogP contribution in [0.5, 0.6) is 5.75 Å². The molecule has 0 aromatic heterocycles. The van der Waals surface area contributed by atoms with Crippen LogP contribution < -0.4 is 15.4 Å². The minimum atomic E-state index is -0.230. The van der Waals surface area contributed by atoms with E-state index in [1.54, 1.807) is 12.1 Å². The minimum Gasteiger partial charge on any atom is -0.488 e. The summed E-state index contributed by atoms with van der Waals surface area (Å²) in [7, 11) is 0. The summed E-state index contributed by atoms with van der Waals surface area (Å²) in [4.78, 5) is 4.45. The Morgan fingerprint density at radius 2 is 1.96 bits per heavy atom. The van der Waals surface area contributed by atoms with E-state index >= 15 is 0 Å². The smallest absolute Gasteiger partial charge is 0.191 e. The number of hydrogen-bond acceptors (Lipinski definition) is 2. The van der Waals surface area contributed by atoms with Crippen molar-refractivity contribution in [3.63, 3.8) is 0 Å². The monoisotopic (exact) mass is 327 g/mol. The Balaban J connectivity index is 1.57. The molecule has 0 fully saturated rings. The number of aliphatic imine (C=N–C) groups is 1. The summed E-state index contributed by atoms with van der Waals surface area (Å²) in [6.07, 6.45) is 0.968. The third kappa shape index (κ3) is 4.04. The normalized spacial score (nSPS) is 16.4. The predicted octanol–water partition coefficient (Wildman–Crippen LogP) is 2.88. The molecule has 0 saturated carbocycles. The molecule has 3 rings (SSSR count). The van der Waals surface area contributed by atoms with Crippen LogP contribution in [-0.2, 0) is 13.0 Å². The van der Waals surface area contributed by atoms with Crippen molar-refractivity contribution in [1.82, 2.24) is 10.6 Å². The lowest BCUT2D eigenvalue weighted by Crippen LogP contribution is -2.42. The number of benzene rings is 2. The molecular weight excluding hydrogens is 305 g/mol. The van der Waals surface area contributed by atoms with E-state index < -0.39 is 0 Å². The van der Waals surface area contributed by atoms with E-state index in [0.717, 1.165) is 18.7 Å². The molecule has 2 N–H and O–H groups in total. The fourth-order valence-electron chi connectivity index (χ4n) is 2.71. The van der Waals surface area contributed by atoms with Gasteiger partial charge < -0.3 is 15.4 Å². The second kappa shape index (κ2) is 7.81. The van der Waals surface area contributed by atoms with Crippen LogP contribution in [0, 0.1) is 5.82 Å². The lowest BCUT2D eigenvalue weighted by atomic mass is 10.1. The number of ether oxygens (including phenoxy) is 1. The number of guanidine groups is 1. The average molecular weight is 327 g/mol. The van der Waals surface area contributed by atoms with Crippen LogP contribution in [0.25, 0.3) is 0 Å². The first-order valence-electron chi connectivity index (χ1n) is 8.26. The molecule has 24 heavy (non-hydrogen) atoms. The van der Waals surface area contributed by atoms with Crippen LogP contribution in [0.3, 0.4) is 0 Å². The summed E-state index contributed by atoms with van der Waals surface area (Å²) in [5.41, 5.74) is 1.82. The van der Waals surface area contributed by atoms with Gasteiger partial charge in [0.05, 0.1) is 13.1 Å². The molecule has 0 amide bonds. The van der Waals surface area contributed by atoms with Gasteiger partial charge in [0, 0.05) is 18.5 Å². The Morgan fingerprint density at radius 1 is 1.17 bits per heavy atom. The Labute approximate surface area is 141 Å². The zero-order chi connectivity index (χ0) is 16.8. The standard InChI is InChI=1S/C19H22FN3O/c1-2-21-19(22-12-15-8-3-5-9-17(15)20)23-13-16-11-14-7-4-6-10-18(14)24-16/h3-10,16H,2,11-13H2,1H3,(H2,21,22,23). The zero-order valence-corrected chi connectivity index (χ0v) is 13.8. The highest BCUT2D eigenvalue weighted by Crippen LogP contribution is 2.27. The summed E-state index contributed by atoms with van der Waals surface area (Å²) in [5, 5.41) is 6.46. The molecule has 0 saturated heterocycles. The van der Waals surface area contributed by atoms with Crippen LogP contribution in [0.2, 0.25) is 0 Å². The third-order valence-electron chi connectivity index (χ3n) is 3.92. The highest BCUT2D eigenvalue weighted by atomic mass is 19.1. The van der Waals surface area contributed by atoms with Gasteiger partial charge in [0.1, 0.15) is 17.7 Å². The number of nitrogens with zero attached hydrogens (tertiary/aromatic N) is 1. The molecule has 4 nitrogen and oxygen atoms in total. The van der Waals surface area contributed by atoms with Gasteiger partial charge in [-0.15, -0.1) is 0 Å². The largest absolute Gasteiger partial charge is 0.488 e. The van der Waals surface area contributed by atoms with Crippen molar-refractivity contribution in [2.45, 2.75) is 26.0 Å². The van der Waals surface area contributed by atoms with Gasteiger partial charge in [-0.1, -0.05) is 36.4 Å². The van der Waals surface area contributed by atoms with Gasteiger partial charge in [0.2, 0.25) is 0 Å². The number of fused-ring (bicyclic) bond motifs is 1. The maximum Gasteiger partial charge on any atom is 0.191 e. The molecular formula is C19H22FN3O. The van der Waals surface area contributed by atoms with Gasteiger partial charge in [-0.25, -0.2) is 9.38 Å². The highest BCUT2D eigenvalue weighted by Gasteiger charge is 2.22. The van der Waals surface area contributed by atoms with Gasteiger partial charge in [-0.3, -0.25) is 0 Å². The molecule has 0 spiro atoms. The Kier molecular flexibility index (Phi) is 5.31. The lowest BCUT2D eigenvalue weighted by Gasteiger charge is -2.15. The summed E-state index contributed by atoms with van der Waals surface area (Å²) < 4.78 is 19.6. The van der Waals surface area contributed by atoms with Gasteiger partial charge in [0.15, 0.2) is 5.96 Å². The summed E-state index contributed by atoms with van der Waals surface area (Å²) in [6.45, 7) is 3.70. The van der Waals surface area contributed by atoms with E-state index in [4.69, 9.17) is 4.74 Å². The van der Waals surface area contributed by atoms with Gasteiger partial charge in [0.25, 0.3) is 0 Å². The average Bonchev–Trinajstić information content (AvgIpc) is 3.01. The van der Waals surface area contributed by atoms with Crippen molar-refractivity contribution >= 4 is 5.96 Å². The first-order valence-corrected chi connectivity index (χ1v) is 8.26. The number of para-hydroxylation sites is 1. The van der Waals surface area contributed by atoms with Crippen LogP contribution in [0.1, 0.15) is 18.1 Å². The van der Waals surface area contributed by atoms with Gasteiger partial charge >= 0.3 is 0 Å². The lowest BCUT2D eigenvalue weighted by molar-refractivity contribution is 0.235. The molecule has 1 atom stereocenters. The number of nitrogens with one attached hydrogen (secondary N) is 2. The van der Waals surface area contributed by atoms with Crippen molar-refractivity contribution in [2.24, 2.45) is 4.99 Å². The molecule has 1 heterocycles. The van der Waals surface area contributed by atoms with E-state index in [2.05, 4.69) is 21.7 Å². The number of hydrogen-bond donors (Lipinski definition) is 2. The minimum absolute atomic E-state index is 0.0831. The molecule has 0 aliphatic carbocycles. The topological polar surface area (TPSA) is 45.7 Å². The van der Waals surface area contributed by atoms with E-state index in [1.165, 1.54) is 11.6 Å². The van der Waals surface area contributed by atoms with Crippen LogP contribution in [0.4, 0.5) is 4.39 Å². The molecule has 1 unspecified atom stereocenters. The fourth-order valence-corrected chi connectivity index (χ4v) is 2.71. The maximum absolute atomic E-state index is 13.7. The molecule has 0 radical (unpaired) electrons. The predicted molar refractivity (Wildman–Crippen MR) is 93.8 cm³/mol. The molecule has 1 aliphatic heterocycles. The first-order chi connectivity index (χ1) is 11.8. The van der Waals surface area contributed by atoms with Crippen molar-refractivity contribution in [2.75, 3.05) is 13.1 Å². The molecule has 2 aromatic rings. The summed E-state index contributed by atoms with van der Waals surface area (Å²) >= 11 is 0. The van der Waals surface area contributed by atoms with Crippen molar-refractivity contribution in [1.29, 1.82) is 0 Å². The second-order valence-electron chi connectivity index (χ2n) is 5.72. The van der Waals surface area contributed by atoms with Gasteiger partial charge in [-0.05, 0) is 24.6 Å². The number of halogens is 1. The molecule has 0 bridgehead atoms. The zero-order valence-electron chi connectivity index (χ0n) is 13.8. The van der Waals surface area contributed by atoms with Crippen molar-refractivity contribution < 1.29 is 9.13 Å². The van der Waals surface area contributed by atoms with E-state index in [1.807, 2.05) is 31.2 Å². The van der Waals surface area contributed by atoms with Crippen molar-refractivity contribution in [3.05, 3.63) is 65.5 Å². The first kappa shape index (κ1) is 16.3. The Morgan fingerprint density at radius 3 is 2.75 bits per heavy atom. The van der Waals surface area contributed by atoms with E-state index in [-0.39, 0.29) is 11.9 Å².